The van der Waals surface area contributed by atoms with Crippen molar-refractivity contribution in [1.82, 2.24) is 9.97 Å². The quantitative estimate of drug-likeness (QED) is 0.432. The van der Waals surface area contributed by atoms with E-state index in [2.05, 4.69) is 38.7 Å². The first-order valence-corrected chi connectivity index (χ1v) is 8.35. The lowest BCUT2D eigenvalue weighted by molar-refractivity contribution is 1.30. The van der Waals surface area contributed by atoms with E-state index in [9.17, 15) is 0 Å². The number of hydrogen-bond donors (Lipinski definition) is 1. The summed E-state index contributed by atoms with van der Waals surface area (Å²) in [5.41, 5.74) is 7.06. The number of hydrazone groups is 1. The number of pyridine rings is 1. The van der Waals surface area contributed by atoms with Crippen LogP contribution in [-0.2, 0) is 0 Å². The normalized spacial score (nSPS) is 11.2. The smallest absolute Gasteiger partial charge is 0.124 e. The lowest BCUT2D eigenvalue weighted by atomic mass is 10.2. The number of fused-ring (bicyclic) bond motifs is 1. The van der Waals surface area contributed by atoms with E-state index in [0.717, 1.165) is 27.3 Å². The van der Waals surface area contributed by atoms with E-state index in [1.54, 1.807) is 29.9 Å². The Balaban J connectivity index is 1.49. The Hall–Kier alpha value is -3.05. The Bertz CT molecular complexity index is 942. The summed E-state index contributed by atoms with van der Waals surface area (Å²) >= 11 is 1.70. The highest BCUT2D eigenvalue weighted by Crippen LogP contribution is 2.30. The molecule has 2 aromatic heterocycles. The topological polar surface area (TPSA) is 50.2 Å². The van der Waals surface area contributed by atoms with Crippen LogP contribution in [0.3, 0.4) is 0 Å². The highest BCUT2D eigenvalue weighted by molar-refractivity contribution is 7.21. The maximum Gasteiger partial charge on any atom is 0.124 e. The predicted molar refractivity (Wildman–Crippen MR) is 101 cm³/mol. The molecule has 0 radical (unpaired) electrons. The minimum absolute atomic E-state index is 0.931. The first-order valence-electron chi connectivity index (χ1n) is 7.54. The van der Waals surface area contributed by atoms with Gasteiger partial charge in [-0.2, -0.15) is 5.10 Å². The van der Waals surface area contributed by atoms with Gasteiger partial charge in [-0.1, -0.05) is 18.2 Å². The number of rotatable bonds is 4. The van der Waals surface area contributed by atoms with Crippen molar-refractivity contribution in [2.75, 3.05) is 5.43 Å². The molecule has 4 nitrogen and oxygen atoms in total. The van der Waals surface area contributed by atoms with Crippen LogP contribution in [-0.4, -0.2) is 16.2 Å². The molecular weight excluding hydrogens is 316 g/mol. The SMILES string of the molecule is C(=N/Nc1ccc(-c2nc3ccccc3s2)cc1)/c1cccnc1. The molecule has 0 spiro atoms. The van der Waals surface area contributed by atoms with Crippen LogP contribution in [0.5, 0.6) is 0 Å². The van der Waals surface area contributed by atoms with Crippen LogP contribution in [0, 0.1) is 0 Å². The third kappa shape index (κ3) is 3.16. The lowest BCUT2D eigenvalue weighted by Gasteiger charge is -2.01. The van der Waals surface area contributed by atoms with Gasteiger partial charge in [0, 0.05) is 23.5 Å². The van der Waals surface area contributed by atoms with E-state index in [1.807, 2.05) is 42.5 Å². The van der Waals surface area contributed by atoms with Crippen molar-refractivity contribution in [3.63, 3.8) is 0 Å². The fourth-order valence-electron chi connectivity index (χ4n) is 2.32. The summed E-state index contributed by atoms with van der Waals surface area (Å²) in [5, 5.41) is 5.25. The van der Waals surface area contributed by atoms with Crippen LogP contribution in [0.15, 0.2) is 78.2 Å². The zero-order chi connectivity index (χ0) is 16.2. The van der Waals surface area contributed by atoms with Crippen molar-refractivity contribution in [2.24, 2.45) is 5.10 Å². The van der Waals surface area contributed by atoms with E-state index in [-0.39, 0.29) is 0 Å². The molecule has 2 heterocycles. The molecule has 0 aliphatic heterocycles. The van der Waals surface area contributed by atoms with Gasteiger partial charge >= 0.3 is 0 Å². The van der Waals surface area contributed by atoms with Gasteiger partial charge in [0.1, 0.15) is 5.01 Å². The Kier molecular flexibility index (Phi) is 4.00. The van der Waals surface area contributed by atoms with Gasteiger partial charge in [-0.15, -0.1) is 11.3 Å². The van der Waals surface area contributed by atoms with Gasteiger partial charge in [0.25, 0.3) is 0 Å². The molecule has 0 bridgehead atoms. The first-order chi connectivity index (χ1) is 11.9. The molecule has 0 aliphatic rings. The second kappa shape index (κ2) is 6.60. The third-order valence-corrected chi connectivity index (χ3v) is 4.60. The summed E-state index contributed by atoms with van der Waals surface area (Å²) in [5.74, 6) is 0. The lowest BCUT2D eigenvalue weighted by Crippen LogP contribution is -1.90. The summed E-state index contributed by atoms with van der Waals surface area (Å²) in [7, 11) is 0. The number of thiazole rings is 1. The molecule has 0 aliphatic carbocycles. The number of nitrogens with one attached hydrogen (secondary N) is 1. The van der Waals surface area contributed by atoms with Gasteiger partial charge in [-0.3, -0.25) is 10.4 Å². The number of para-hydroxylation sites is 1. The third-order valence-electron chi connectivity index (χ3n) is 3.52. The number of anilines is 1. The molecule has 2 aromatic carbocycles. The summed E-state index contributed by atoms with van der Waals surface area (Å²) in [6, 6.07) is 20.1. The van der Waals surface area contributed by atoms with Crippen molar-refractivity contribution in [1.29, 1.82) is 0 Å². The molecule has 24 heavy (non-hydrogen) atoms. The highest BCUT2D eigenvalue weighted by Gasteiger charge is 2.05. The van der Waals surface area contributed by atoms with Gasteiger partial charge in [0.2, 0.25) is 0 Å². The molecule has 0 saturated heterocycles. The molecule has 0 fully saturated rings. The van der Waals surface area contributed by atoms with Gasteiger partial charge in [-0.25, -0.2) is 4.98 Å². The van der Waals surface area contributed by atoms with Gasteiger partial charge in [0.05, 0.1) is 22.1 Å². The standard InChI is InChI=1S/C19H14N4S/c1-2-6-18-17(5-1)22-19(24-18)15-7-9-16(10-8-15)23-21-13-14-4-3-11-20-12-14/h1-13,23H/b21-13-. The first kappa shape index (κ1) is 14.5. The van der Waals surface area contributed by atoms with E-state index in [0.29, 0.717) is 0 Å². The van der Waals surface area contributed by atoms with Crippen molar-refractivity contribution < 1.29 is 0 Å². The van der Waals surface area contributed by atoms with E-state index >= 15 is 0 Å². The molecule has 4 rings (SSSR count). The second-order valence-corrected chi connectivity index (χ2v) is 6.25. The molecule has 4 aromatic rings. The maximum absolute atomic E-state index is 4.68. The van der Waals surface area contributed by atoms with Crippen LogP contribution in [0.25, 0.3) is 20.8 Å². The van der Waals surface area contributed by atoms with E-state index in [4.69, 9.17) is 0 Å². The second-order valence-electron chi connectivity index (χ2n) is 5.22. The molecule has 116 valence electrons. The fraction of sp³-hybridized carbons (Fsp3) is 0. The number of nitrogens with zero attached hydrogens (tertiary/aromatic N) is 3. The minimum Gasteiger partial charge on any atom is -0.279 e. The maximum atomic E-state index is 4.68. The van der Waals surface area contributed by atoms with Crippen LogP contribution in [0.2, 0.25) is 0 Å². The van der Waals surface area contributed by atoms with Crippen LogP contribution < -0.4 is 5.43 Å². The van der Waals surface area contributed by atoms with Gasteiger partial charge in [-0.05, 0) is 42.5 Å². The predicted octanol–water partition coefficient (Wildman–Crippen LogP) is 4.80. The molecule has 5 heteroatoms. The summed E-state index contributed by atoms with van der Waals surface area (Å²) in [6.07, 6.45) is 5.25. The molecule has 0 unspecified atom stereocenters. The van der Waals surface area contributed by atoms with Crippen molar-refractivity contribution in [2.45, 2.75) is 0 Å². The Labute approximate surface area is 143 Å². The number of aromatic nitrogens is 2. The summed E-state index contributed by atoms with van der Waals surface area (Å²) < 4.78 is 1.20. The molecule has 0 amide bonds. The average molecular weight is 330 g/mol. The highest BCUT2D eigenvalue weighted by atomic mass is 32.1. The van der Waals surface area contributed by atoms with Crippen LogP contribution in [0.1, 0.15) is 5.56 Å². The monoisotopic (exact) mass is 330 g/mol. The minimum atomic E-state index is 0.931. The van der Waals surface area contributed by atoms with E-state index < -0.39 is 0 Å². The Morgan fingerprint density at radius 3 is 2.62 bits per heavy atom. The van der Waals surface area contributed by atoms with Gasteiger partial charge in [0.15, 0.2) is 0 Å². The van der Waals surface area contributed by atoms with Crippen LogP contribution in [0.4, 0.5) is 5.69 Å². The average Bonchev–Trinajstić information content (AvgIpc) is 3.07. The molecule has 0 atom stereocenters. The van der Waals surface area contributed by atoms with Crippen molar-refractivity contribution in [3.05, 3.63) is 78.6 Å². The number of hydrogen-bond acceptors (Lipinski definition) is 5. The van der Waals surface area contributed by atoms with Gasteiger partial charge < -0.3 is 0 Å². The van der Waals surface area contributed by atoms with Crippen molar-refractivity contribution in [3.8, 4) is 10.6 Å². The largest absolute Gasteiger partial charge is 0.279 e. The molecular formula is C19H14N4S. The summed E-state index contributed by atoms with van der Waals surface area (Å²) in [4.78, 5) is 8.72. The molecule has 1 N–H and O–H groups in total. The van der Waals surface area contributed by atoms with Crippen LogP contribution >= 0.6 is 11.3 Å². The Morgan fingerprint density at radius 1 is 0.958 bits per heavy atom. The fourth-order valence-corrected chi connectivity index (χ4v) is 3.29. The zero-order valence-corrected chi connectivity index (χ0v) is 13.6. The molecule has 0 saturated carbocycles. The Morgan fingerprint density at radius 2 is 1.83 bits per heavy atom. The van der Waals surface area contributed by atoms with E-state index in [1.165, 1.54) is 4.70 Å². The number of benzene rings is 2. The summed E-state index contributed by atoms with van der Waals surface area (Å²) in [6.45, 7) is 0. The zero-order valence-electron chi connectivity index (χ0n) is 12.8. The van der Waals surface area contributed by atoms with Crippen molar-refractivity contribution >= 4 is 33.5 Å².